The Kier molecular flexibility index (Phi) is 4.99. The predicted octanol–water partition coefficient (Wildman–Crippen LogP) is 1.51. The van der Waals surface area contributed by atoms with E-state index in [0.29, 0.717) is 12.6 Å². The van der Waals surface area contributed by atoms with Crippen LogP contribution in [-0.4, -0.2) is 63.9 Å². The van der Waals surface area contributed by atoms with E-state index in [4.69, 9.17) is 0 Å². The number of fused-ring (bicyclic) bond motifs is 1. The summed E-state index contributed by atoms with van der Waals surface area (Å²) in [5, 5.41) is 3.19. The summed E-state index contributed by atoms with van der Waals surface area (Å²) in [7, 11) is 0. The van der Waals surface area contributed by atoms with Crippen LogP contribution in [0.25, 0.3) is 5.65 Å². The van der Waals surface area contributed by atoms with Crippen LogP contribution in [0.3, 0.4) is 0 Å². The number of nitrogens with zero attached hydrogens (tertiary/aromatic N) is 4. The molecule has 1 aliphatic carbocycles. The molecular weight excluding hydrogens is 314 g/mol. The SMILES string of the molecule is O=C(CN1CCN(Cc2cn3ccccc3n2)CC1)NC1CCCC1. The van der Waals surface area contributed by atoms with Crippen LogP contribution in [-0.2, 0) is 11.3 Å². The molecule has 2 fully saturated rings. The molecule has 0 aromatic carbocycles. The van der Waals surface area contributed by atoms with E-state index in [0.717, 1.165) is 56.9 Å². The van der Waals surface area contributed by atoms with Crippen LogP contribution in [0.15, 0.2) is 30.6 Å². The number of amides is 1. The van der Waals surface area contributed by atoms with Crippen LogP contribution in [0.1, 0.15) is 31.4 Å². The van der Waals surface area contributed by atoms with Crippen molar-refractivity contribution in [1.82, 2.24) is 24.5 Å². The largest absolute Gasteiger partial charge is 0.352 e. The van der Waals surface area contributed by atoms with Gasteiger partial charge in [0.05, 0.1) is 12.2 Å². The van der Waals surface area contributed by atoms with E-state index in [1.54, 1.807) is 0 Å². The van der Waals surface area contributed by atoms with E-state index >= 15 is 0 Å². The lowest BCUT2D eigenvalue weighted by atomic mass is 10.2. The van der Waals surface area contributed by atoms with Crippen molar-refractivity contribution in [2.24, 2.45) is 0 Å². The number of imidazole rings is 1. The van der Waals surface area contributed by atoms with Crippen molar-refractivity contribution < 1.29 is 4.79 Å². The number of nitrogens with one attached hydrogen (secondary N) is 1. The summed E-state index contributed by atoms with van der Waals surface area (Å²) in [4.78, 5) is 21.5. The van der Waals surface area contributed by atoms with Gasteiger partial charge in [-0.1, -0.05) is 18.9 Å². The molecule has 1 amide bonds. The van der Waals surface area contributed by atoms with E-state index in [-0.39, 0.29) is 5.91 Å². The van der Waals surface area contributed by atoms with E-state index < -0.39 is 0 Å². The average Bonchev–Trinajstić information content (AvgIpc) is 3.25. The maximum Gasteiger partial charge on any atom is 0.234 e. The molecule has 25 heavy (non-hydrogen) atoms. The second-order valence-electron chi connectivity index (χ2n) is 7.30. The molecule has 1 saturated carbocycles. The molecule has 134 valence electrons. The molecule has 3 heterocycles. The minimum Gasteiger partial charge on any atom is -0.352 e. The zero-order chi connectivity index (χ0) is 17.1. The highest BCUT2D eigenvalue weighted by Gasteiger charge is 2.22. The molecule has 0 radical (unpaired) electrons. The fourth-order valence-corrected chi connectivity index (χ4v) is 3.94. The van der Waals surface area contributed by atoms with Crippen molar-refractivity contribution in [3.05, 3.63) is 36.3 Å². The van der Waals surface area contributed by atoms with Crippen LogP contribution in [0.4, 0.5) is 0 Å². The minimum atomic E-state index is 0.195. The summed E-state index contributed by atoms with van der Waals surface area (Å²) in [6.07, 6.45) is 8.96. The Morgan fingerprint density at radius 2 is 1.88 bits per heavy atom. The first-order valence-corrected chi connectivity index (χ1v) is 9.43. The Morgan fingerprint density at radius 3 is 2.64 bits per heavy atom. The fourth-order valence-electron chi connectivity index (χ4n) is 3.94. The van der Waals surface area contributed by atoms with Gasteiger partial charge in [-0.05, 0) is 25.0 Å². The minimum absolute atomic E-state index is 0.195. The molecular formula is C19H27N5O. The lowest BCUT2D eigenvalue weighted by molar-refractivity contribution is -0.123. The van der Waals surface area contributed by atoms with Crippen LogP contribution >= 0.6 is 0 Å². The van der Waals surface area contributed by atoms with Crippen LogP contribution in [0.2, 0.25) is 0 Å². The smallest absolute Gasteiger partial charge is 0.234 e. The van der Waals surface area contributed by atoms with Crippen molar-refractivity contribution in [3.8, 4) is 0 Å². The van der Waals surface area contributed by atoms with Gasteiger partial charge in [-0.25, -0.2) is 4.98 Å². The van der Waals surface area contributed by atoms with E-state index in [9.17, 15) is 4.79 Å². The van der Waals surface area contributed by atoms with Gasteiger partial charge in [0, 0.05) is 51.2 Å². The van der Waals surface area contributed by atoms with Gasteiger partial charge in [0.25, 0.3) is 0 Å². The number of piperazine rings is 1. The summed E-state index contributed by atoms with van der Waals surface area (Å²) < 4.78 is 2.07. The highest BCUT2D eigenvalue weighted by molar-refractivity contribution is 5.78. The first kappa shape index (κ1) is 16.5. The first-order valence-electron chi connectivity index (χ1n) is 9.43. The van der Waals surface area contributed by atoms with E-state index in [2.05, 4.69) is 30.7 Å². The molecule has 1 aliphatic heterocycles. The molecule has 2 aliphatic rings. The molecule has 0 atom stereocenters. The molecule has 2 aromatic heterocycles. The molecule has 2 aromatic rings. The molecule has 1 N–H and O–H groups in total. The van der Waals surface area contributed by atoms with Gasteiger partial charge in [0.1, 0.15) is 5.65 Å². The number of carbonyl (C=O) groups excluding carboxylic acids is 1. The van der Waals surface area contributed by atoms with Crippen molar-refractivity contribution >= 4 is 11.6 Å². The quantitative estimate of drug-likeness (QED) is 0.896. The molecule has 0 spiro atoms. The van der Waals surface area contributed by atoms with Crippen LogP contribution in [0, 0.1) is 0 Å². The van der Waals surface area contributed by atoms with Crippen molar-refractivity contribution in [2.75, 3.05) is 32.7 Å². The van der Waals surface area contributed by atoms with Crippen molar-refractivity contribution in [1.29, 1.82) is 0 Å². The first-order chi connectivity index (χ1) is 12.3. The fraction of sp³-hybridized carbons (Fsp3) is 0.579. The Labute approximate surface area is 148 Å². The third-order valence-corrected chi connectivity index (χ3v) is 5.35. The number of hydrogen-bond donors (Lipinski definition) is 1. The van der Waals surface area contributed by atoms with Gasteiger partial charge in [-0.2, -0.15) is 0 Å². The van der Waals surface area contributed by atoms with Crippen LogP contribution < -0.4 is 5.32 Å². The standard InChI is InChI=1S/C19H27N5O/c25-19(21-16-5-1-2-6-16)15-23-11-9-22(10-12-23)13-17-14-24-8-4-3-7-18(24)20-17/h3-4,7-8,14,16H,1-2,5-6,9-13,15H2,(H,21,25). The second kappa shape index (κ2) is 7.54. The highest BCUT2D eigenvalue weighted by Crippen LogP contribution is 2.17. The summed E-state index contributed by atoms with van der Waals surface area (Å²) in [6.45, 7) is 5.30. The van der Waals surface area contributed by atoms with Gasteiger partial charge in [0.15, 0.2) is 0 Å². The monoisotopic (exact) mass is 341 g/mol. The third-order valence-electron chi connectivity index (χ3n) is 5.35. The van der Waals surface area contributed by atoms with Gasteiger partial charge in [0.2, 0.25) is 5.91 Å². The van der Waals surface area contributed by atoms with Crippen molar-refractivity contribution in [2.45, 2.75) is 38.3 Å². The third kappa shape index (κ3) is 4.19. The summed E-state index contributed by atoms with van der Waals surface area (Å²) in [6, 6.07) is 6.49. The Bertz CT molecular complexity index is 680. The van der Waals surface area contributed by atoms with E-state index in [1.165, 1.54) is 12.8 Å². The maximum atomic E-state index is 12.2. The highest BCUT2D eigenvalue weighted by atomic mass is 16.2. The van der Waals surface area contributed by atoms with Crippen LogP contribution in [0.5, 0.6) is 0 Å². The lowest BCUT2D eigenvalue weighted by Gasteiger charge is -2.34. The second-order valence-corrected chi connectivity index (χ2v) is 7.30. The summed E-state index contributed by atoms with van der Waals surface area (Å²) >= 11 is 0. The van der Waals surface area contributed by atoms with E-state index in [1.807, 2.05) is 24.4 Å². The number of carbonyl (C=O) groups is 1. The van der Waals surface area contributed by atoms with Gasteiger partial charge in [-0.3, -0.25) is 14.6 Å². The lowest BCUT2D eigenvalue weighted by Crippen LogP contribution is -2.50. The topological polar surface area (TPSA) is 52.9 Å². The number of rotatable bonds is 5. The number of aromatic nitrogens is 2. The normalized spacial score (nSPS) is 20.3. The zero-order valence-corrected chi connectivity index (χ0v) is 14.7. The summed E-state index contributed by atoms with van der Waals surface area (Å²) in [5.41, 5.74) is 2.11. The number of pyridine rings is 1. The molecule has 4 rings (SSSR count). The van der Waals surface area contributed by atoms with Gasteiger partial charge in [-0.15, -0.1) is 0 Å². The number of hydrogen-bond acceptors (Lipinski definition) is 4. The Morgan fingerprint density at radius 1 is 1.12 bits per heavy atom. The molecule has 6 nitrogen and oxygen atoms in total. The maximum absolute atomic E-state index is 12.2. The molecule has 6 heteroatoms. The predicted molar refractivity (Wildman–Crippen MR) is 97.3 cm³/mol. The molecule has 1 saturated heterocycles. The summed E-state index contributed by atoms with van der Waals surface area (Å²) in [5.74, 6) is 0.195. The molecule has 0 bridgehead atoms. The molecule has 0 unspecified atom stereocenters. The average molecular weight is 341 g/mol. The van der Waals surface area contributed by atoms with Crippen molar-refractivity contribution in [3.63, 3.8) is 0 Å². The van der Waals surface area contributed by atoms with Gasteiger partial charge < -0.3 is 9.72 Å². The Hall–Kier alpha value is -1.92. The zero-order valence-electron chi connectivity index (χ0n) is 14.7. The van der Waals surface area contributed by atoms with Gasteiger partial charge >= 0.3 is 0 Å². The Balaban J connectivity index is 1.23.